The van der Waals surface area contributed by atoms with Crippen LogP contribution < -0.4 is 9.47 Å². The highest BCUT2D eigenvalue weighted by molar-refractivity contribution is 6.32. The van der Waals surface area contributed by atoms with Gasteiger partial charge >= 0.3 is 5.97 Å². The Labute approximate surface area is 111 Å². The van der Waals surface area contributed by atoms with Crippen LogP contribution in [0.1, 0.15) is 19.4 Å². The summed E-state index contributed by atoms with van der Waals surface area (Å²) in [5.41, 5.74) is -0.183. The monoisotopic (exact) mass is 272 g/mol. The van der Waals surface area contributed by atoms with Crippen molar-refractivity contribution in [2.75, 3.05) is 14.2 Å². The minimum absolute atomic E-state index is 0.308. The van der Waals surface area contributed by atoms with Gasteiger partial charge in [0.05, 0.1) is 24.7 Å². The van der Waals surface area contributed by atoms with Crippen LogP contribution in [0.4, 0.5) is 0 Å². The zero-order valence-corrected chi connectivity index (χ0v) is 11.7. The summed E-state index contributed by atoms with van der Waals surface area (Å²) in [5, 5.41) is 9.57. The average Bonchev–Trinajstić information content (AvgIpc) is 2.27. The molecule has 0 atom stereocenters. The van der Waals surface area contributed by atoms with Crippen LogP contribution in [0.2, 0.25) is 5.02 Å². The van der Waals surface area contributed by atoms with Gasteiger partial charge in [-0.1, -0.05) is 11.6 Å². The van der Waals surface area contributed by atoms with E-state index in [0.717, 1.165) is 0 Å². The topological polar surface area (TPSA) is 55.8 Å². The van der Waals surface area contributed by atoms with Gasteiger partial charge in [0.1, 0.15) is 11.5 Å². The summed E-state index contributed by atoms with van der Waals surface area (Å²) in [6.45, 7) is 3.31. The molecule has 0 amide bonds. The molecule has 0 saturated heterocycles. The lowest BCUT2D eigenvalue weighted by Gasteiger charge is -2.21. The molecule has 4 nitrogen and oxygen atoms in total. The Morgan fingerprint density at radius 1 is 1.33 bits per heavy atom. The highest BCUT2D eigenvalue weighted by Crippen LogP contribution is 2.36. The van der Waals surface area contributed by atoms with E-state index in [4.69, 9.17) is 26.2 Å². The number of carboxylic acid groups (broad SMARTS) is 1. The fourth-order valence-corrected chi connectivity index (χ4v) is 1.96. The van der Waals surface area contributed by atoms with Crippen LogP contribution in [-0.4, -0.2) is 25.3 Å². The van der Waals surface area contributed by atoms with Gasteiger partial charge in [0.25, 0.3) is 0 Å². The van der Waals surface area contributed by atoms with Crippen LogP contribution in [0.15, 0.2) is 12.1 Å². The van der Waals surface area contributed by atoms with E-state index in [2.05, 4.69) is 0 Å². The van der Waals surface area contributed by atoms with Crippen molar-refractivity contribution >= 4 is 17.6 Å². The van der Waals surface area contributed by atoms with Crippen molar-refractivity contribution < 1.29 is 19.4 Å². The van der Waals surface area contributed by atoms with Crippen molar-refractivity contribution in [3.63, 3.8) is 0 Å². The van der Waals surface area contributed by atoms with Gasteiger partial charge in [-0.2, -0.15) is 0 Å². The number of carbonyl (C=O) groups is 1. The molecule has 0 spiro atoms. The molecule has 18 heavy (non-hydrogen) atoms. The Balaban J connectivity index is 3.22. The number of carboxylic acids is 1. The number of benzene rings is 1. The molecule has 1 aromatic carbocycles. The van der Waals surface area contributed by atoms with Crippen LogP contribution in [0, 0.1) is 5.41 Å². The fraction of sp³-hybridized carbons (Fsp3) is 0.462. The maximum Gasteiger partial charge on any atom is 0.309 e. The Morgan fingerprint density at radius 2 is 1.94 bits per heavy atom. The third-order valence-electron chi connectivity index (χ3n) is 2.75. The van der Waals surface area contributed by atoms with E-state index in [1.165, 1.54) is 14.2 Å². The molecule has 1 rings (SSSR count). The smallest absolute Gasteiger partial charge is 0.309 e. The van der Waals surface area contributed by atoms with Gasteiger partial charge in [0, 0.05) is 11.6 Å². The first-order valence-electron chi connectivity index (χ1n) is 5.45. The number of ether oxygens (including phenoxy) is 2. The van der Waals surface area contributed by atoms with Crippen LogP contribution in [0.25, 0.3) is 0 Å². The lowest BCUT2D eigenvalue weighted by molar-refractivity contribution is -0.146. The summed E-state index contributed by atoms with van der Waals surface area (Å²) in [6.07, 6.45) is 0.308. The van der Waals surface area contributed by atoms with Gasteiger partial charge in [0.15, 0.2) is 0 Å². The molecule has 0 aliphatic rings. The maximum absolute atomic E-state index is 11.2. The first-order valence-corrected chi connectivity index (χ1v) is 5.83. The maximum atomic E-state index is 11.2. The quantitative estimate of drug-likeness (QED) is 0.895. The molecule has 1 N–H and O–H groups in total. The highest BCUT2D eigenvalue weighted by Gasteiger charge is 2.29. The SMILES string of the molecule is COc1cc(Cl)c(OC)c(CC(C)(C)C(=O)O)c1. The van der Waals surface area contributed by atoms with E-state index in [1.807, 2.05) is 0 Å². The largest absolute Gasteiger partial charge is 0.497 e. The summed E-state index contributed by atoms with van der Waals surface area (Å²) >= 11 is 6.07. The minimum atomic E-state index is -0.900. The fourth-order valence-electron chi connectivity index (χ4n) is 1.65. The number of hydrogen-bond acceptors (Lipinski definition) is 3. The summed E-state index contributed by atoms with van der Waals surface area (Å²) in [7, 11) is 3.04. The van der Waals surface area contributed by atoms with E-state index < -0.39 is 11.4 Å². The van der Waals surface area contributed by atoms with E-state index >= 15 is 0 Å². The molecule has 5 heteroatoms. The van der Waals surface area contributed by atoms with Crippen molar-refractivity contribution in [2.24, 2.45) is 5.41 Å². The zero-order valence-electron chi connectivity index (χ0n) is 10.9. The van der Waals surface area contributed by atoms with Gasteiger partial charge in [-0.15, -0.1) is 0 Å². The molecule has 0 radical (unpaired) electrons. The number of aliphatic carboxylic acids is 1. The molecule has 0 aliphatic carbocycles. The normalized spacial score (nSPS) is 11.2. The number of halogens is 1. The summed E-state index contributed by atoms with van der Waals surface area (Å²) in [4.78, 5) is 11.2. The molecule has 0 saturated carbocycles. The molecule has 0 unspecified atom stereocenters. The second kappa shape index (κ2) is 5.48. The van der Waals surface area contributed by atoms with Crippen LogP contribution in [0.3, 0.4) is 0 Å². The zero-order chi connectivity index (χ0) is 13.9. The Kier molecular flexibility index (Phi) is 4.46. The van der Waals surface area contributed by atoms with Crippen molar-refractivity contribution in [1.29, 1.82) is 0 Å². The van der Waals surface area contributed by atoms with Gasteiger partial charge in [-0.3, -0.25) is 4.79 Å². The third kappa shape index (κ3) is 3.07. The molecule has 0 fully saturated rings. The van der Waals surface area contributed by atoms with Gasteiger partial charge < -0.3 is 14.6 Å². The van der Waals surface area contributed by atoms with Crippen molar-refractivity contribution in [2.45, 2.75) is 20.3 Å². The molecule has 1 aromatic rings. The van der Waals surface area contributed by atoms with E-state index in [0.29, 0.717) is 28.5 Å². The van der Waals surface area contributed by atoms with E-state index in [-0.39, 0.29) is 0 Å². The second-order valence-corrected chi connectivity index (χ2v) is 5.07. The standard InChI is InChI=1S/C13H17ClO4/c1-13(2,12(15)16)7-8-5-9(17-3)6-10(14)11(8)18-4/h5-6H,7H2,1-4H3,(H,15,16). The Morgan fingerprint density at radius 3 is 2.39 bits per heavy atom. The van der Waals surface area contributed by atoms with Gasteiger partial charge in [-0.05, 0) is 26.3 Å². The second-order valence-electron chi connectivity index (χ2n) is 4.67. The number of methoxy groups -OCH3 is 2. The highest BCUT2D eigenvalue weighted by atomic mass is 35.5. The molecular weight excluding hydrogens is 256 g/mol. The lowest BCUT2D eigenvalue weighted by atomic mass is 9.85. The molecular formula is C13H17ClO4. The molecule has 100 valence electrons. The molecule has 0 bridgehead atoms. The van der Waals surface area contributed by atoms with Crippen LogP contribution in [0.5, 0.6) is 11.5 Å². The van der Waals surface area contributed by atoms with Crippen molar-refractivity contribution in [1.82, 2.24) is 0 Å². The minimum Gasteiger partial charge on any atom is -0.497 e. The average molecular weight is 273 g/mol. The first kappa shape index (κ1) is 14.6. The summed E-state index contributed by atoms with van der Waals surface area (Å²) in [5.74, 6) is 0.201. The Bertz CT molecular complexity index is 455. The van der Waals surface area contributed by atoms with Gasteiger partial charge in [-0.25, -0.2) is 0 Å². The summed E-state index contributed by atoms with van der Waals surface area (Å²) in [6, 6.07) is 3.38. The molecule has 0 aliphatic heterocycles. The van der Waals surface area contributed by atoms with Crippen LogP contribution in [-0.2, 0) is 11.2 Å². The van der Waals surface area contributed by atoms with Crippen molar-refractivity contribution in [3.05, 3.63) is 22.7 Å². The lowest BCUT2D eigenvalue weighted by Crippen LogP contribution is -2.26. The number of hydrogen-bond donors (Lipinski definition) is 1. The number of rotatable bonds is 5. The molecule has 0 aromatic heterocycles. The van der Waals surface area contributed by atoms with E-state index in [9.17, 15) is 4.79 Å². The Hall–Kier alpha value is -1.42. The van der Waals surface area contributed by atoms with Gasteiger partial charge in [0.2, 0.25) is 0 Å². The van der Waals surface area contributed by atoms with E-state index in [1.54, 1.807) is 26.0 Å². The third-order valence-corrected chi connectivity index (χ3v) is 3.03. The molecule has 0 heterocycles. The summed E-state index contributed by atoms with van der Waals surface area (Å²) < 4.78 is 10.3. The van der Waals surface area contributed by atoms with Crippen molar-refractivity contribution in [3.8, 4) is 11.5 Å². The predicted molar refractivity (Wildman–Crippen MR) is 69.7 cm³/mol. The first-order chi connectivity index (χ1) is 8.31. The predicted octanol–water partition coefficient (Wildman–Crippen LogP) is 3.01. The van der Waals surface area contributed by atoms with Crippen LogP contribution >= 0.6 is 11.6 Å².